The van der Waals surface area contributed by atoms with Crippen LogP contribution in [0.3, 0.4) is 0 Å². The van der Waals surface area contributed by atoms with E-state index in [1.54, 1.807) is 4.90 Å². The van der Waals surface area contributed by atoms with E-state index >= 15 is 0 Å². The van der Waals surface area contributed by atoms with E-state index in [9.17, 15) is 0 Å². The Hall–Kier alpha value is -0.750. The number of rotatable bonds is 1. The van der Waals surface area contributed by atoms with Gasteiger partial charge in [0.2, 0.25) is 0 Å². The largest absolute Gasteiger partial charge is 0.317 e. The van der Waals surface area contributed by atoms with Gasteiger partial charge in [0.15, 0.2) is 6.19 Å². The molecule has 0 aromatic carbocycles. The molecule has 0 unspecified atom stereocenters. The van der Waals surface area contributed by atoms with Gasteiger partial charge in [0.1, 0.15) is 0 Å². The average Bonchev–Trinajstić information content (AvgIpc) is 2.05. The van der Waals surface area contributed by atoms with E-state index in [4.69, 9.17) is 5.26 Å². The third kappa shape index (κ3) is 1.61. The number of hydrogen-bond acceptors (Lipinski definition) is 3. The van der Waals surface area contributed by atoms with Crippen LogP contribution in [0.1, 0.15) is 12.8 Å². The summed E-state index contributed by atoms with van der Waals surface area (Å²) in [6, 6.07) is 0.478. The molecular formula is C7H13N3. The minimum Gasteiger partial charge on any atom is -0.317 e. The summed E-state index contributed by atoms with van der Waals surface area (Å²) in [5, 5.41) is 11.8. The molecule has 56 valence electrons. The van der Waals surface area contributed by atoms with Gasteiger partial charge in [0, 0.05) is 13.1 Å². The molecule has 0 bridgehead atoms. The van der Waals surface area contributed by atoms with Gasteiger partial charge in [-0.15, -0.1) is 0 Å². The van der Waals surface area contributed by atoms with Crippen LogP contribution in [0.2, 0.25) is 0 Å². The van der Waals surface area contributed by atoms with Crippen LogP contribution in [-0.2, 0) is 0 Å². The lowest BCUT2D eigenvalue weighted by Crippen LogP contribution is -2.38. The average molecular weight is 139 g/mol. The first kappa shape index (κ1) is 7.36. The van der Waals surface area contributed by atoms with Crippen molar-refractivity contribution in [3.63, 3.8) is 0 Å². The van der Waals surface area contributed by atoms with E-state index in [2.05, 4.69) is 11.5 Å². The van der Waals surface area contributed by atoms with Crippen molar-refractivity contribution in [2.75, 3.05) is 20.1 Å². The van der Waals surface area contributed by atoms with Gasteiger partial charge in [0.25, 0.3) is 0 Å². The molecule has 3 nitrogen and oxygen atoms in total. The lowest BCUT2D eigenvalue weighted by atomic mass is 10.1. The third-order valence-electron chi connectivity index (χ3n) is 2.01. The van der Waals surface area contributed by atoms with Gasteiger partial charge in [-0.05, 0) is 25.9 Å². The van der Waals surface area contributed by atoms with Crippen molar-refractivity contribution in [2.24, 2.45) is 0 Å². The second kappa shape index (κ2) is 3.43. The van der Waals surface area contributed by atoms with Crippen molar-refractivity contribution in [3.8, 4) is 6.19 Å². The fourth-order valence-electron chi connectivity index (χ4n) is 1.28. The zero-order chi connectivity index (χ0) is 7.40. The fraction of sp³-hybridized carbons (Fsp3) is 0.857. The Morgan fingerprint density at radius 2 is 2.10 bits per heavy atom. The van der Waals surface area contributed by atoms with Crippen LogP contribution in [0.4, 0.5) is 0 Å². The minimum atomic E-state index is 0.478. The molecule has 0 aromatic heterocycles. The van der Waals surface area contributed by atoms with Crippen molar-refractivity contribution in [1.29, 1.82) is 5.26 Å². The summed E-state index contributed by atoms with van der Waals surface area (Å²) in [7, 11) is 1.86. The summed E-state index contributed by atoms with van der Waals surface area (Å²) < 4.78 is 0. The molecule has 0 aliphatic carbocycles. The second-order valence-electron chi connectivity index (χ2n) is 2.69. The highest BCUT2D eigenvalue weighted by atomic mass is 15.1. The van der Waals surface area contributed by atoms with Crippen LogP contribution >= 0.6 is 0 Å². The first-order chi connectivity index (χ1) is 4.84. The molecule has 0 aromatic rings. The molecule has 1 aliphatic heterocycles. The van der Waals surface area contributed by atoms with Crippen molar-refractivity contribution >= 4 is 0 Å². The highest BCUT2D eigenvalue weighted by Crippen LogP contribution is 2.07. The zero-order valence-corrected chi connectivity index (χ0v) is 6.30. The predicted octanol–water partition coefficient (Wildman–Crippen LogP) is 0.151. The number of nitriles is 1. The molecule has 10 heavy (non-hydrogen) atoms. The highest BCUT2D eigenvalue weighted by Gasteiger charge is 2.15. The summed E-state index contributed by atoms with van der Waals surface area (Å²) in [6.07, 6.45) is 4.34. The summed E-state index contributed by atoms with van der Waals surface area (Å²) in [6.45, 7) is 2.10. The quantitative estimate of drug-likeness (QED) is 0.415. The normalized spacial score (nSPS) is 20.0. The van der Waals surface area contributed by atoms with E-state index in [0.29, 0.717) is 6.04 Å². The van der Waals surface area contributed by atoms with E-state index in [0.717, 1.165) is 25.9 Å². The topological polar surface area (TPSA) is 39.1 Å². The fourth-order valence-corrected chi connectivity index (χ4v) is 1.28. The Bertz CT molecular complexity index is 132. The molecule has 1 fully saturated rings. The first-order valence-corrected chi connectivity index (χ1v) is 3.68. The molecule has 0 radical (unpaired) electrons. The van der Waals surface area contributed by atoms with Crippen molar-refractivity contribution in [3.05, 3.63) is 0 Å². The molecule has 0 atom stereocenters. The molecule has 0 spiro atoms. The van der Waals surface area contributed by atoms with Crippen LogP contribution < -0.4 is 5.32 Å². The Morgan fingerprint density at radius 1 is 1.50 bits per heavy atom. The van der Waals surface area contributed by atoms with Crippen LogP contribution in [0.15, 0.2) is 0 Å². The Balaban J connectivity index is 2.33. The first-order valence-electron chi connectivity index (χ1n) is 3.68. The van der Waals surface area contributed by atoms with Crippen LogP contribution in [0.5, 0.6) is 0 Å². The van der Waals surface area contributed by atoms with E-state index in [1.807, 2.05) is 7.05 Å². The van der Waals surface area contributed by atoms with Gasteiger partial charge < -0.3 is 10.2 Å². The van der Waals surface area contributed by atoms with Crippen molar-refractivity contribution in [1.82, 2.24) is 10.2 Å². The van der Waals surface area contributed by atoms with Gasteiger partial charge in [-0.3, -0.25) is 0 Å². The van der Waals surface area contributed by atoms with Gasteiger partial charge in [-0.2, -0.15) is 5.26 Å². The maximum absolute atomic E-state index is 8.54. The molecule has 1 N–H and O–H groups in total. The van der Waals surface area contributed by atoms with Gasteiger partial charge in [-0.25, -0.2) is 0 Å². The van der Waals surface area contributed by atoms with Crippen LogP contribution in [0, 0.1) is 11.5 Å². The molecule has 1 aliphatic rings. The van der Waals surface area contributed by atoms with Gasteiger partial charge >= 0.3 is 0 Å². The zero-order valence-electron chi connectivity index (χ0n) is 6.30. The molecule has 1 rings (SSSR count). The molecule has 1 heterocycles. The lowest BCUT2D eigenvalue weighted by molar-refractivity contribution is 0.274. The van der Waals surface area contributed by atoms with Crippen LogP contribution in [-0.4, -0.2) is 31.1 Å². The summed E-state index contributed by atoms with van der Waals surface area (Å²) >= 11 is 0. The number of nitrogens with one attached hydrogen (secondary N) is 1. The van der Waals surface area contributed by atoms with Crippen LogP contribution in [0.25, 0.3) is 0 Å². The summed E-state index contributed by atoms with van der Waals surface area (Å²) in [5.74, 6) is 0. The molecule has 0 amide bonds. The predicted molar refractivity (Wildman–Crippen MR) is 39.3 cm³/mol. The number of piperidine rings is 1. The molecular weight excluding hydrogens is 126 g/mol. The third-order valence-corrected chi connectivity index (χ3v) is 2.01. The Labute approximate surface area is 61.6 Å². The van der Waals surface area contributed by atoms with Gasteiger partial charge in [0.05, 0.1) is 0 Å². The molecule has 3 heteroatoms. The molecule has 0 saturated carbocycles. The highest BCUT2D eigenvalue weighted by molar-refractivity contribution is 4.82. The van der Waals surface area contributed by atoms with Gasteiger partial charge in [-0.1, -0.05) is 0 Å². The van der Waals surface area contributed by atoms with E-state index in [-0.39, 0.29) is 0 Å². The molecule has 1 saturated heterocycles. The number of nitrogens with zero attached hydrogens (tertiary/aromatic N) is 2. The minimum absolute atomic E-state index is 0.478. The second-order valence-corrected chi connectivity index (χ2v) is 2.69. The smallest absolute Gasteiger partial charge is 0.179 e. The maximum Gasteiger partial charge on any atom is 0.179 e. The number of hydrogen-bond donors (Lipinski definition) is 1. The maximum atomic E-state index is 8.54. The van der Waals surface area contributed by atoms with Crippen molar-refractivity contribution < 1.29 is 0 Å². The standard InChI is InChI=1S/C7H13N3/c1-10(6-8)7-2-4-9-5-3-7/h7,9H,2-5H2,1H3. The SMILES string of the molecule is CN(C#N)C1CCNCC1. The Kier molecular flexibility index (Phi) is 2.52. The lowest BCUT2D eigenvalue weighted by Gasteiger charge is -2.27. The monoisotopic (exact) mass is 139 g/mol. The Morgan fingerprint density at radius 3 is 2.60 bits per heavy atom. The van der Waals surface area contributed by atoms with E-state index < -0.39 is 0 Å². The van der Waals surface area contributed by atoms with Crippen molar-refractivity contribution in [2.45, 2.75) is 18.9 Å². The summed E-state index contributed by atoms with van der Waals surface area (Å²) in [5.41, 5.74) is 0. The summed E-state index contributed by atoms with van der Waals surface area (Å²) in [4.78, 5) is 1.75. The van der Waals surface area contributed by atoms with E-state index in [1.165, 1.54) is 0 Å².